The molecule has 1 aromatic heterocycles. The van der Waals surface area contributed by atoms with E-state index in [4.69, 9.17) is 4.74 Å². The van der Waals surface area contributed by atoms with E-state index in [-0.39, 0.29) is 0 Å². The second kappa shape index (κ2) is 3.78. The third kappa shape index (κ3) is 1.81. The minimum absolute atomic E-state index is 0.587. The molecule has 0 aromatic carbocycles. The average Bonchev–Trinajstić information content (AvgIpc) is 2.43. The van der Waals surface area contributed by atoms with Crippen LogP contribution in [0.4, 0.5) is 4.39 Å². The maximum absolute atomic E-state index is 14.2. The molecule has 4 atom stereocenters. The maximum atomic E-state index is 14.2. The first-order valence-electron chi connectivity index (χ1n) is 5.01. The zero-order chi connectivity index (χ0) is 12.8. The Kier molecular flexibility index (Phi) is 2.67. The Hall–Kier alpha value is -1.47. The number of nitrogens with zero attached hydrogens (tertiary/aromatic N) is 1. The number of nitrogens with one attached hydrogen (secondary N) is 1. The summed E-state index contributed by atoms with van der Waals surface area (Å²) in [5.74, 6) is 0. The van der Waals surface area contributed by atoms with Gasteiger partial charge in [-0.1, -0.05) is 0 Å². The van der Waals surface area contributed by atoms with Crippen LogP contribution in [-0.4, -0.2) is 32.5 Å². The van der Waals surface area contributed by atoms with Crippen molar-refractivity contribution in [2.24, 2.45) is 0 Å². The maximum Gasteiger partial charge on any atom is 0.330 e. The van der Waals surface area contributed by atoms with Gasteiger partial charge in [0.15, 0.2) is 11.9 Å². The van der Waals surface area contributed by atoms with E-state index in [1.165, 1.54) is 0 Å². The smallest absolute Gasteiger partial charge is 0.330 e. The van der Waals surface area contributed by atoms with Crippen LogP contribution < -0.4 is 11.2 Å². The van der Waals surface area contributed by atoms with E-state index in [1.807, 2.05) is 4.98 Å². The lowest BCUT2D eigenvalue weighted by molar-refractivity contribution is -0.0444. The van der Waals surface area contributed by atoms with Crippen molar-refractivity contribution in [1.82, 2.24) is 9.55 Å². The van der Waals surface area contributed by atoms with Crippen LogP contribution >= 0.6 is 0 Å². The number of aliphatic hydroxyl groups excluding tert-OH is 1. The molecule has 17 heavy (non-hydrogen) atoms. The van der Waals surface area contributed by atoms with Crippen LogP contribution in [-0.2, 0) is 4.74 Å². The summed E-state index contributed by atoms with van der Waals surface area (Å²) in [5.41, 5.74) is -3.54. The van der Waals surface area contributed by atoms with Crippen molar-refractivity contribution in [3.8, 4) is 0 Å². The van der Waals surface area contributed by atoms with Crippen LogP contribution in [0.15, 0.2) is 21.9 Å². The van der Waals surface area contributed by atoms with Gasteiger partial charge in [-0.3, -0.25) is 14.3 Å². The van der Waals surface area contributed by atoms with E-state index >= 15 is 0 Å². The van der Waals surface area contributed by atoms with Gasteiger partial charge in [0.1, 0.15) is 6.10 Å². The summed E-state index contributed by atoms with van der Waals surface area (Å²) in [6.45, 7) is 4.55. The van der Waals surface area contributed by atoms with Crippen molar-refractivity contribution < 1.29 is 14.2 Å². The molecular formula is C10H12FN2O4. The highest BCUT2D eigenvalue weighted by molar-refractivity contribution is 5.01. The number of alkyl halides is 1. The van der Waals surface area contributed by atoms with Gasteiger partial charge in [-0.25, -0.2) is 9.18 Å². The van der Waals surface area contributed by atoms with Crippen LogP contribution in [0.3, 0.4) is 0 Å². The summed E-state index contributed by atoms with van der Waals surface area (Å²) < 4.78 is 20.2. The summed E-state index contributed by atoms with van der Waals surface area (Å²) in [7, 11) is 0. The lowest BCUT2D eigenvalue weighted by atomic mass is 9.99. The SMILES string of the molecule is [CH2][C@H]1O[C@@H](n2ccc(=O)[nH]c2=O)[C@](C)(F)[C@@H]1O. The molecule has 1 aliphatic heterocycles. The number of ether oxygens (including phenoxy) is 1. The van der Waals surface area contributed by atoms with Gasteiger partial charge in [0, 0.05) is 12.3 Å². The Morgan fingerprint density at radius 2 is 2.29 bits per heavy atom. The molecule has 6 nitrogen and oxygen atoms in total. The lowest BCUT2D eigenvalue weighted by Crippen LogP contribution is -2.43. The van der Waals surface area contributed by atoms with Crippen molar-refractivity contribution in [2.75, 3.05) is 0 Å². The van der Waals surface area contributed by atoms with E-state index in [2.05, 4.69) is 6.92 Å². The fourth-order valence-corrected chi connectivity index (χ4v) is 1.83. The number of hydrogen-bond acceptors (Lipinski definition) is 4. The van der Waals surface area contributed by atoms with Crippen LogP contribution in [0.25, 0.3) is 0 Å². The molecule has 2 rings (SSSR count). The molecule has 7 heteroatoms. The molecular weight excluding hydrogens is 231 g/mol. The van der Waals surface area contributed by atoms with Gasteiger partial charge in [0.05, 0.1) is 6.10 Å². The molecule has 0 bridgehead atoms. The predicted octanol–water partition coefficient (Wildman–Crippen LogP) is -0.643. The third-order valence-corrected chi connectivity index (χ3v) is 2.82. The number of H-pyrrole nitrogens is 1. The standard InChI is InChI=1S/C10H12FN2O4/c1-5-7(15)10(2,11)8(17-5)13-4-3-6(14)12-9(13)16/h3-5,7-8,15H,1H2,2H3,(H,12,14,16)/t5-,7-,8-,10-/m1/s1. The zero-order valence-corrected chi connectivity index (χ0v) is 9.09. The second-order valence-corrected chi connectivity index (χ2v) is 4.14. The molecule has 2 N–H and O–H groups in total. The van der Waals surface area contributed by atoms with Gasteiger partial charge in [0.25, 0.3) is 5.56 Å². The normalized spacial score (nSPS) is 37.3. The number of aliphatic hydroxyl groups is 1. The van der Waals surface area contributed by atoms with E-state index in [9.17, 15) is 19.1 Å². The van der Waals surface area contributed by atoms with Crippen LogP contribution in [0.2, 0.25) is 0 Å². The fourth-order valence-electron chi connectivity index (χ4n) is 1.83. The van der Waals surface area contributed by atoms with Crippen molar-refractivity contribution in [3.05, 3.63) is 40.0 Å². The predicted molar refractivity (Wildman–Crippen MR) is 56.1 cm³/mol. The molecule has 1 fully saturated rings. The van der Waals surface area contributed by atoms with Gasteiger partial charge in [-0.2, -0.15) is 0 Å². The van der Waals surface area contributed by atoms with E-state index < -0.39 is 35.4 Å². The number of halogens is 1. The Morgan fingerprint density at radius 1 is 1.65 bits per heavy atom. The first kappa shape index (κ1) is 12.0. The van der Waals surface area contributed by atoms with Crippen LogP contribution in [0.5, 0.6) is 0 Å². The van der Waals surface area contributed by atoms with Gasteiger partial charge in [0.2, 0.25) is 0 Å². The zero-order valence-electron chi connectivity index (χ0n) is 9.09. The first-order valence-corrected chi connectivity index (χ1v) is 5.01. The van der Waals surface area contributed by atoms with Crippen molar-refractivity contribution >= 4 is 0 Å². The summed E-state index contributed by atoms with van der Waals surface area (Å²) in [6, 6.07) is 1.07. The monoisotopic (exact) mass is 243 g/mol. The Labute approximate surface area is 95.7 Å². The Morgan fingerprint density at radius 3 is 2.76 bits per heavy atom. The number of hydrogen-bond donors (Lipinski definition) is 2. The van der Waals surface area contributed by atoms with Crippen molar-refractivity contribution in [1.29, 1.82) is 0 Å². The molecule has 93 valence electrons. The number of aromatic nitrogens is 2. The molecule has 1 saturated heterocycles. The molecule has 0 saturated carbocycles. The van der Waals surface area contributed by atoms with E-state index in [0.717, 1.165) is 23.8 Å². The lowest BCUT2D eigenvalue weighted by Gasteiger charge is -2.24. The summed E-state index contributed by atoms with van der Waals surface area (Å²) >= 11 is 0. The van der Waals surface area contributed by atoms with Gasteiger partial charge in [-0.15, -0.1) is 0 Å². The minimum Gasteiger partial charge on any atom is -0.387 e. The first-order chi connectivity index (χ1) is 7.84. The van der Waals surface area contributed by atoms with Crippen molar-refractivity contribution in [3.63, 3.8) is 0 Å². The average molecular weight is 243 g/mol. The molecule has 0 aliphatic carbocycles. The summed E-state index contributed by atoms with van der Waals surface area (Å²) in [4.78, 5) is 24.4. The number of aromatic amines is 1. The highest BCUT2D eigenvalue weighted by Crippen LogP contribution is 2.39. The van der Waals surface area contributed by atoms with E-state index in [0.29, 0.717) is 0 Å². The van der Waals surface area contributed by atoms with Crippen LogP contribution in [0.1, 0.15) is 13.2 Å². The van der Waals surface area contributed by atoms with E-state index in [1.54, 1.807) is 0 Å². The third-order valence-electron chi connectivity index (χ3n) is 2.82. The molecule has 1 radical (unpaired) electrons. The van der Waals surface area contributed by atoms with Crippen molar-refractivity contribution in [2.45, 2.75) is 31.0 Å². The molecule has 0 spiro atoms. The summed E-state index contributed by atoms with van der Waals surface area (Å²) in [6.07, 6.45) is -2.61. The highest BCUT2D eigenvalue weighted by Gasteiger charge is 2.53. The molecule has 0 amide bonds. The molecule has 1 aromatic rings. The molecule has 0 unspecified atom stereocenters. The Balaban J connectivity index is 2.48. The second-order valence-electron chi connectivity index (χ2n) is 4.14. The van der Waals surface area contributed by atoms with Gasteiger partial charge < -0.3 is 9.84 Å². The number of rotatable bonds is 1. The summed E-state index contributed by atoms with van der Waals surface area (Å²) in [5, 5.41) is 9.55. The van der Waals surface area contributed by atoms with Crippen LogP contribution in [0, 0.1) is 6.92 Å². The largest absolute Gasteiger partial charge is 0.387 e. The Bertz CT molecular complexity index is 536. The minimum atomic E-state index is -2.16. The highest BCUT2D eigenvalue weighted by atomic mass is 19.1. The quantitative estimate of drug-likeness (QED) is 0.687. The van der Waals surface area contributed by atoms with Gasteiger partial charge >= 0.3 is 5.69 Å². The fraction of sp³-hybridized carbons (Fsp3) is 0.500. The topological polar surface area (TPSA) is 84.3 Å². The molecule has 1 aliphatic rings. The molecule has 2 heterocycles. The van der Waals surface area contributed by atoms with Gasteiger partial charge in [-0.05, 0) is 13.8 Å².